The third kappa shape index (κ3) is 5.13. The Morgan fingerprint density at radius 2 is 1.73 bits per heavy atom. The summed E-state index contributed by atoms with van der Waals surface area (Å²) in [6, 6.07) is 22.5. The van der Waals surface area contributed by atoms with E-state index < -0.39 is 0 Å². The molecule has 3 aromatic heterocycles. The molecule has 40 heavy (non-hydrogen) atoms. The van der Waals surface area contributed by atoms with Crippen LogP contribution < -0.4 is 5.73 Å². The average Bonchev–Trinajstić information content (AvgIpc) is 3.63. The number of aryl methyl sites for hydroxylation is 1. The number of nitrogens with two attached hydrogens (primary N) is 1. The number of likely N-dealkylation sites (tertiary alicyclic amines) is 1. The summed E-state index contributed by atoms with van der Waals surface area (Å²) >= 11 is 0. The van der Waals surface area contributed by atoms with Crippen molar-refractivity contribution < 1.29 is 32.7 Å². The molecule has 1 aliphatic heterocycles. The number of anilines is 1. The van der Waals surface area contributed by atoms with Crippen molar-refractivity contribution in [1.82, 2.24) is 19.4 Å². The molecule has 0 atom stereocenters. The normalized spacial score (nSPS) is 19.7. The fourth-order valence-electron chi connectivity index (χ4n) is 6.93. The molecule has 0 unspecified atom stereocenters. The number of benzene rings is 2. The molecule has 7 rings (SSSR count). The Morgan fingerprint density at radius 3 is 2.50 bits per heavy atom. The molecule has 0 amide bonds. The molecule has 0 bridgehead atoms. The van der Waals surface area contributed by atoms with Crippen LogP contribution >= 0.6 is 0 Å². The number of aromatic nitrogens is 3. The number of hydrogen-bond acceptors (Lipinski definition) is 4. The van der Waals surface area contributed by atoms with Crippen LogP contribution in [0.1, 0.15) is 50.1 Å². The number of fused-ring (bicyclic) bond motifs is 2. The van der Waals surface area contributed by atoms with Crippen molar-refractivity contribution in [3.63, 3.8) is 0 Å². The van der Waals surface area contributed by atoms with Crippen molar-refractivity contribution in [3.05, 3.63) is 78.6 Å². The minimum absolute atomic E-state index is 0. The first-order valence-electron chi connectivity index (χ1n) is 14.5. The van der Waals surface area contributed by atoms with E-state index in [1.807, 2.05) is 24.4 Å². The van der Waals surface area contributed by atoms with Gasteiger partial charge in [0.25, 0.3) is 0 Å². The molecule has 2 aliphatic rings. The summed E-state index contributed by atoms with van der Waals surface area (Å²) in [4.78, 5) is 12.6. The maximum Gasteiger partial charge on any atom is 0.142 e. The Labute approximate surface area is 262 Å². The van der Waals surface area contributed by atoms with Crippen LogP contribution in [0.2, 0.25) is 0 Å². The second kappa shape index (κ2) is 11.7. The van der Waals surface area contributed by atoms with E-state index in [2.05, 4.69) is 65.1 Å². The van der Waals surface area contributed by atoms with E-state index in [0.29, 0.717) is 6.04 Å². The Hall–Kier alpha value is -2.60. The second-order valence-electron chi connectivity index (χ2n) is 11.5. The molecular weight excluding hydrogens is 567 g/mol. The third-order valence-corrected chi connectivity index (χ3v) is 9.06. The van der Waals surface area contributed by atoms with Crippen LogP contribution in [0.4, 0.5) is 5.69 Å². The van der Waals surface area contributed by atoms with Gasteiger partial charge in [-0.05, 0) is 92.9 Å². The number of nitrogen functional groups attached to an aromatic ring is 1. The van der Waals surface area contributed by atoms with Crippen LogP contribution in [0.25, 0.3) is 44.3 Å². The third-order valence-electron chi connectivity index (χ3n) is 9.06. The van der Waals surface area contributed by atoms with E-state index in [1.54, 1.807) is 0 Å². The zero-order chi connectivity index (χ0) is 26.3. The van der Waals surface area contributed by atoms with Crippen LogP contribution in [0.15, 0.2) is 67.0 Å². The molecule has 4 heterocycles. The molecule has 0 spiro atoms. The maximum absolute atomic E-state index is 6.63. The van der Waals surface area contributed by atoms with Gasteiger partial charge in [0.05, 0.1) is 0 Å². The summed E-state index contributed by atoms with van der Waals surface area (Å²) in [6.07, 6.45) is 11.9. The van der Waals surface area contributed by atoms with E-state index in [0.717, 1.165) is 55.9 Å². The fraction of sp³-hybridized carbons (Fsp3) is 0.353. The minimum Gasteiger partial charge on any atom is -0.398 e. The van der Waals surface area contributed by atoms with E-state index >= 15 is 0 Å². The Morgan fingerprint density at radius 1 is 0.950 bits per heavy atom. The fourth-order valence-corrected chi connectivity index (χ4v) is 6.93. The van der Waals surface area contributed by atoms with Gasteiger partial charge in [-0.15, -0.1) is 23.6 Å². The Balaban J connectivity index is 0.00000289. The summed E-state index contributed by atoms with van der Waals surface area (Å²) in [5, 5.41) is 2.09. The Bertz CT molecular complexity index is 1630. The molecule has 6 heteroatoms. The molecular formula is C34H36N5Y-. The average molecular weight is 604 g/mol. The molecule has 201 valence electrons. The first-order valence-corrected chi connectivity index (χ1v) is 14.5. The van der Waals surface area contributed by atoms with Crippen LogP contribution in [-0.4, -0.2) is 39.1 Å². The molecule has 5 nitrogen and oxygen atoms in total. The van der Waals surface area contributed by atoms with Gasteiger partial charge >= 0.3 is 0 Å². The standard InChI is InChI=1S/C34H36N5.Y/c1-23-28(15-11-26-12-16-31(37-33(23)26)25-7-3-2-4-8-25)29-22-39(34-32(29)30(35)17-18-36-34)27-13-9-24(10-14-27)21-38-19-5-6-20-38;/h2-4,7-8,11,15-18,22,24,27H,5-6,9-10,13-14,19-21H2,1H3,(H2,35,36);/q-1;. The first kappa shape index (κ1) is 27.6. The van der Waals surface area contributed by atoms with Gasteiger partial charge in [-0.3, -0.25) is 0 Å². The van der Waals surface area contributed by atoms with Crippen molar-refractivity contribution in [2.45, 2.75) is 51.5 Å². The van der Waals surface area contributed by atoms with Gasteiger partial charge in [0.1, 0.15) is 5.65 Å². The van der Waals surface area contributed by atoms with Gasteiger partial charge in [0.15, 0.2) is 0 Å². The number of rotatable bonds is 5. The van der Waals surface area contributed by atoms with E-state index in [-0.39, 0.29) is 32.7 Å². The summed E-state index contributed by atoms with van der Waals surface area (Å²) in [5.41, 5.74) is 14.9. The first-order chi connectivity index (χ1) is 19.2. The van der Waals surface area contributed by atoms with Crippen LogP contribution in [0.3, 0.4) is 0 Å². The minimum atomic E-state index is 0. The second-order valence-corrected chi connectivity index (χ2v) is 11.5. The summed E-state index contributed by atoms with van der Waals surface area (Å²) in [5.74, 6) is 0.822. The van der Waals surface area contributed by atoms with Crippen LogP contribution in [-0.2, 0) is 32.7 Å². The molecule has 2 N–H and O–H groups in total. The molecule has 1 aliphatic carbocycles. The number of nitrogens with zero attached hydrogens (tertiary/aromatic N) is 4. The molecule has 1 saturated heterocycles. The Kier molecular flexibility index (Phi) is 8.08. The predicted molar refractivity (Wildman–Crippen MR) is 161 cm³/mol. The van der Waals surface area contributed by atoms with Crippen molar-refractivity contribution in [2.75, 3.05) is 25.4 Å². The molecule has 2 aromatic carbocycles. The largest absolute Gasteiger partial charge is 0.398 e. The molecule has 1 radical (unpaired) electrons. The van der Waals surface area contributed by atoms with Crippen LogP contribution in [0.5, 0.6) is 0 Å². The van der Waals surface area contributed by atoms with Crippen molar-refractivity contribution in [3.8, 4) is 22.4 Å². The van der Waals surface area contributed by atoms with Gasteiger partial charge < -0.3 is 20.2 Å². The molecule has 2 fully saturated rings. The van der Waals surface area contributed by atoms with Crippen molar-refractivity contribution >= 4 is 27.6 Å². The molecule has 5 aromatic rings. The van der Waals surface area contributed by atoms with Gasteiger partial charge in [0.2, 0.25) is 0 Å². The summed E-state index contributed by atoms with van der Waals surface area (Å²) < 4.78 is 2.43. The molecule has 1 saturated carbocycles. The topological polar surface area (TPSA) is 60.0 Å². The number of hydrogen-bond donors (Lipinski definition) is 1. The monoisotopic (exact) mass is 603 g/mol. The van der Waals surface area contributed by atoms with Gasteiger partial charge in [-0.25, -0.2) is 4.98 Å². The number of pyridine rings is 2. The van der Waals surface area contributed by atoms with E-state index in [9.17, 15) is 0 Å². The van der Waals surface area contributed by atoms with Gasteiger partial charge in [0, 0.05) is 74.3 Å². The van der Waals surface area contributed by atoms with Gasteiger partial charge in [-0.2, -0.15) is 0 Å². The zero-order valence-corrected chi connectivity index (χ0v) is 26.2. The zero-order valence-electron chi connectivity index (χ0n) is 23.3. The van der Waals surface area contributed by atoms with Crippen molar-refractivity contribution in [2.24, 2.45) is 5.92 Å². The van der Waals surface area contributed by atoms with Crippen LogP contribution in [0, 0.1) is 18.9 Å². The smallest absolute Gasteiger partial charge is 0.142 e. The SMILES string of the molecule is Cc1c(-c2cn(C3CCC(CN4CCCC4)CC3)c3nccc(N)c23)ccc2[c-]cc(-c3ccccc3)nc12.[Y]. The van der Waals surface area contributed by atoms with Gasteiger partial charge in [-0.1, -0.05) is 42.0 Å². The van der Waals surface area contributed by atoms with Crippen molar-refractivity contribution in [1.29, 1.82) is 0 Å². The maximum atomic E-state index is 6.63. The quantitative estimate of drug-likeness (QED) is 0.212. The summed E-state index contributed by atoms with van der Waals surface area (Å²) in [6.45, 7) is 6.03. The van der Waals surface area contributed by atoms with E-state index in [1.165, 1.54) is 63.7 Å². The van der Waals surface area contributed by atoms with E-state index in [4.69, 9.17) is 15.7 Å². The predicted octanol–water partition coefficient (Wildman–Crippen LogP) is 7.43. The summed E-state index contributed by atoms with van der Waals surface area (Å²) in [7, 11) is 0.